The maximum absolute atomic E-state index is 13.0. The predicted octanol–water partition coefficient (Wildman–Crippen LogP) is 2.80. The van der Waals surface area contributed by atoms with Crippen molar-refractivity contribution in [1.29, 1.82) is 0 Å². The lowest BCUT2D eigenvalue weighted by Gasteiger charge is -2.29. The lowest BCUT2D eigenvalue weighted by molar-refractivity contribution is -0.135. The van der Waals surface area contributed by atoms with Crippen LogP contribution in [0.25, 0.3) is 0 Å². The molecule has 2 saturated heterocycles. The first kappa shape index (κ1) is 12.8. The van der Waals surface area contributed by atoms with Gasteiger partial charge in [0, 0.05) is 11.4 Å². The van der Waals surface area contributed by atoms with Gasteiger partial charge in [-0.25, -0.2) is 0 Å². The molecule has 1 saturated carbocycles. The van der Waals surface area contributed by atoms with Crippen molar-refractivity contribution in [1.82, 2.24) is 10.2 Å². The molecule has 0 aromatic carbocycles. The molecule has 1 aliphatic carbocycles. The zero-order valence-electron chi connectivity index (χ0n) is 11.8. The number of likely N-dealkylation sites (tertiary alicyclic amines) is 1. The van der Waals surface area contributed by atoms with E-state index in [0.29, 0.717) is 17.9 Å². The maximum atomic E-state index is 13.0. The van der Waals surface area contributed by atoms with Crippen molar-refractivity contribution in [3.63, 3.8) is 0 Å². The van der Waals surface area contributed by atoms with Crippen LogP contribution < -0.4 is 5.32 Å². The first-order valence-corrected chi connectivity index (χ1v) is 8.80. The molecule has 4 atom stereocenters. The third-order valence-electron chi connectivity index (χ3n) is 5.42. The fraction of sp³-hybridized carbons (Fsp3) is 0.688. The molecular formula is C16H22N2OS. The third-order valence-corrected chi connectivity index (χ3v) is 6.39. The highest BCUT2D eigenvalue weighted by Gasteiger charge is 2.45. The molecule has 20 heavy (non-hydrogen) atoms. The van der Waals surface area contributed by atoms with Crippen LogP contribution in [0, 0.1) is 11.8 Å². The molecule has 108 valence electrons. The lowest BCUT2D eigenvalue weighted by Crippen LogP contribution is -2.45. The van der Waals surface area contributed by atoms with Crippen molar-refractivity contribution in [2.45, 2.75) is 44.2 Å². The Kier molecular flexibility index (Phi) is 3.31. The van der Waals surface area contributed by atoms with Gasteiger partial charge in [0.1, 0.15) is 0 Å². The second kappa shape index (κ2) is 5.15. The van der Waals surface area contributed by atoms with E-state index in [1.807, 2.05) is 0 Å². The zero-order valence-corrected chi connectivity index (χ0v) is 12.6. The summed E-state index contributed by atoms with van der Waals surface area (Å²) in [5.41, 5.74) is 0. The number of carbonyl (C=O) groups excluding carboxylic acids is 1. The zero-order chi connectivity index (χ0) is 13.5. The molecule has 4 unspecified atom stereocenters. The molecular weight excluding hydrogens is 268 g/mol. The van der Waals surface area contributed by atoms with Crippen molar-refractivity contribution in [3.05, 3.63) is 22.4 Å². The number of nitrogens with one attached hydrogen (secondary N) is 1. The second-order valence-corrected chi connectivity index (χ2v) is 7.43. The van der Waals surface area contributed by atoms with E-state index in [-0.39, 0.29) is 6.04 Å². The topological polar surface area (TPSA) is 32.3 Å². The van der Waals surface area contributed by atoms with Gasteiger partial charge >= 0.3 is 0 Å². The van der Waals surface area contributed by atoms with Gasteiger partial charge in [-0.05, 0) is 55.5 Å². The van der Waals surface area contributed by atoms with E-state index in [2.05, 4.69) is 27.7 Å². The summed E-state index contributed by atoms with van der Waals surface area (Å²) in [4.78, 5) is 16.5. The number of nitrogens with zero attached hydrogens (tertiary/aromatic N) is 1. The molecule has 1 aromatic heterocycles. The Hall–Kier alpha value is -0.870. The van der Waals surface area contributed by atoms with Crippen molar-refractivity contribution in [2.24, 2.45) is 11.8 Å². The summed E-state index contributed by atoms with van der Waals surface area (Å²) in [6.45, 7) is 2.00. The van der Waals surface area contributed by atoms with Gasteiger partial charge in [-0.1, -0.05) is 12.5 Å². The third kappa shape index (κ3) is 2.01. The number of rotatable bonds is 2. The Morgan fingerprint density at radius 1 is 1.30 bits per heavy atom. The molecule has 0 radical (unpaired) electrons. The van der Waals surface area contributed by atoms with Gasteiger partial charge in [0.05, 0.1) is 12.1 Å². The van der Waals surface area contributed by atoms with Crippen molar-refractivity contribution in [3.8, 4) is 0 Å². The Labute approximate surface area is 124 Å². The van der Waals surface area contributed by atoms with E-state index in [4.69, 9.17) is 0 Å². The normalized spacial score (nSPS) is 36.5. The van der Waals surface area contributed by atoms with Gasteiger partial charge in [0.15, 0.2) is 0 Å². The Morgan fingerprint density at radius 3 is 3.10 bits per heavy atom. The van der Waals surface area contributed by atoms with Gasteiger partial charge in [-0.3, -0.25) is 4.79 Å². The summed E-state index contributed by atoms with van der Waals surface area (Å²) in [5, 5.41) is 5.64. The molecule has 1 aromatic rings. The number of hydrogen-bond donors (Lipinski definition) is 1. The summed E-state index contributed by atoms with van der Waals surface area (Å²) in [6, 6.07) is 4.72. The molecule has 1 N–H and O–H groups in total. The first-order valence-electron chi connectivity index (χ1n) is 7.92. The quantitative estimate of drug-likeness (QED) is 0.908. The summed E-state index contributed by atoms with van der Waals surface area (Å²) in [5.74, 6) is 1.73. The van der Waals surface area contributed by atoms with Crippen LogP contribution in [0.1, 0.15) is 43.0 Å². The van der Waals surface area contributed by atoms with E-state index in [1.165, 1.54) is 24.1 Å². The van der Waals surface area contributed by atoms with Gasteiger partial charge < -0.3 is 10.2 Å². The largest absolute Gasteiger partial charge is 0.333 e. The SMILES string of the molecule is O=C(C1NCC2CCCC21)N1CCCC1c1cccs1. The van der Waals surface area contributed by atoms with Crippen LogP contribution in [0.5, 0.6) is 0 Å². The number of thiophene rings is 1. The minimum Gasteiger partial charge on any atom is -0.333 e. The van der Waals surface area contributed by atoms with E-state index in [0.717, 1.165) is 31.8 Å². The van der Waals surface area contributed by atoms with Crippen LogP contribution in [-0.2, 0) is 4.79 Å². The minimum absolute atomic E-state index is 0.100. The van der Waals surface area contributed by atoms with Crippen LogP contribution in [0.3, 0.4) is 0 Å². The smallest absolute Gasteiger partial charge is 0.240 e. The standard InChI is InChI=1S/C16H22N2OS/c19-16(15-12-5-1-4-11(12)10-17-15)18-8-2-6-13(18)14-7-3-9-20-14/h3,7,9,11-13,15,17H,1-2,4-6,8,10H2. The Morgan fingerprint density at radius 2 is 2.25 bits per heavy atom. The molecule has 1 amide bonds. The number of fused-ring (bicyclic) bond motifs is 1. The summed E-state index contributed by atoms with van der Waals surface area (Å²) in [7, 11) is 0. The highest BCUT2D eigenvalue weighted by molar-refractivity contribution is 7.10. The predicted molar refractivity (Wildman–Crippen MR) is 80.6 cm³/mol. The van der Waals surface area contributed by atoms with E-state index >= 15 is 0 Å². The van der Waals surface area contributed by atoms with Gasteiger partial charge in [0.2, 0.25) is 5.91 Å². The van der Waals surface area contributed by atoms with Crippen molar-refractivity contribution >= 4 is 17.2 Å². The fourth-order valence-corrected chi connectivity index (χ4v) is 5.32. The monoisotopic (exact) mass is 290 g/mol. The van der Waals surface area contributed by atoms with Crippen LogP contribution in [-0.4, -0.2) is 29.9 Å². The number of carbonyl (C=O) groups is 1. The van der Waals surface area contributed by atoms with Gasteiger partial charge in [0.25, 0.3) is 0 Å². The molecule has 3 aliphatic rings. The van der Waals surface area contributed by atoms with E-state index in [9.17, 15) is 4.79 Å². The van der Waals surface area contributed by atoms with Crippen molar-refractivity contribution < 1.29 is 4.79 Å². The van der Waals surface area contributed by atoms with Gasteiger partial charge in [-0.2, -0.15) is 0 Å². The molecule has 4 rings (SSSR count). The van der Waals surface area contributed by atoms with Crippen molar-refractivity contribution in [2.75, 3.05) is 13.1 Å². The summed E-state index contributed by atoms with van der Waals surface area (Å²) in [6.07, 6.45) is 6.15. The molecule has 0 bridgehead atoms. The van der Waals surface area contributed by atoms with Crippen LogP contribution in [0.4, 0.5) is 0 Å². The van der Waals surface area contributed by atoms with Crippen LogP contribution in [0.2, 0.25) is 0 Å². The summed E-state index contributed by atoms with van der Waals surface area (Å²) < 4.78 is 0. The first-order chi connectivity index (χ1) is 9.84. The van der Waals surface area contributed by atoms with E-state index < -0.39 is 0 Å². The maximum Gasteiger partial charge on any atom is 0.240 e. The molecule has 3 heterocycles. The number of amides is 1. The fourth-order valence-electron chi connectivity index (χ4n) is 4.44. The molecule has 2 aliphatic heterocycles. The Bertz CT molecular complexity index is 487. The average molecular weight is 290 g/mol. The highest BCUT2D eigenvalue weighted by atomic mass is 32.1. The second-order valence-electron chi connectivity index (χ2n) is 6.45. The highest BCUT2D eigenvalue weighted by Crippen LogP contribution is 2.41. The van der Waals surface area contributed by atoms with Crippen LogP contribution >= 0.6 is 11.3 Å². The van der Waals surface area contributed by atoms with Gasteiger partial charge in [-0.15, -0.1) is 11.3 Å². The molecule has 0 spiro atoms. The molecule has 3 fully saturated rings. The number of hydrogen-bond acceptors (Lipinski definition) is 3. The summed E-state index contributed by atoms with van der Waals surface area (Å²) >= 11 is 1.79. The lowest BCUT2D eigenvalue weighted by atomic mass is 9.93. The molecule has 4 heteroatoms. The average Bonchev–Trinajstić information content (AvgIpc) is 3.20. The van der Waals surface area contributed by atoms with E-state index in [1.54, 1.807) is 11.3 Å². The van der Waals surface area contributed by atoms with Crippen LogP contribution in [0.15, 0.2) is 17.5 Å². The Balaban J connectivity index is 1.53. The minimum atomic E-state index is 0.100. The molecule has 3 nitrogen and oxygen atoms in total.